The summed E-state index contributed by atoms with van der Waals surface area (Å²) < 4.78 is 27.1. The first kappa shape index (κ1) is 16.9. The molecule has 0 aliphatic heterocycles. The summed E-state index contributed by atoms with van der Waals surface area (Å²) in [6.07, 6.45) is 5.61. The van der Waals surface area contributed by atoms with Crippen molar-refractivity contribution in [3.05, 3.63) is 30.5 Å². The second-order valence-electron chi connectivity index (χ2n) is 6.35. The molecule has 0 spiro atoms. The summed E-state index contributed by atoms with van der Waals surface area (Å²) in [6, 6.07) is 7.64. The van der Waals surface area contributed by atoms with Crippen molar-refractivity contribution >= 4 is 26.8 Å². The van der Waals surface area contributed by atoms with Crippen LogP contribution < -0.4 is 10.0 Å². The van der Waals surface area contributed by atoms with E-state index in [1.54, 1.807) is 10.9 Å². The summed E-state index contributed by atoms with van der Waals surface area (Å²) in [5.41, 5.74) is 0.921. The molecule has 1 aliphatic rings. The molecule has 1 amide bonds. The number of benzene rings is 1. The molecule has 1 aromatic heterocycles. The van der Waals surface area contributed by atoms with Crippen LogP contribution in [0, 0.1) is 5.92 Å². The maximum atomic E-state index is 12.2. The Balaban J connectivity index is 1.55. The number of hydrogen-bond donors (Lipinski definition) is 2. The van der Waals surface area contributed by atoms with Crippen LogP contribution in [-0.2, 0) is 21.4 Å². The topological polar surface area (TPSA) is 93.1 Å². The standard InChI is InChI=1S/C16H22N4O3S/c1-24(22,23)19-14-7-4-6-12(14)9-17-16(21)11-20-15-8-3-2-5-13(15)10-18-20/h2-3,5,8,10,12,14,19H,4,6-7,9,11H2,1H3,(H,17,21)/t12-,14-/m1/s1. The Hall–Kier alpha value is -1.93. The predicted octanol–water partition coefficient (Wildman–Crippen LogP) is 0.870. The first-order valence-electron chi connectivity index (χ1n) is 8.07. The van der Waals surface area contributed by atoms with Crippen molar-refractivity contribution in [2.75, 3.05) is 12.8 Å². The van der Waals surface area contributed by atoms with Crippen LogP contribution in [0.5, 0.6) is 0 Å². The molecule has 2 atom stereocenters. The third kappa shape index (κ3) is 4.12. The zero-order valence-corrected chi connectivity index (χ0v) is 14.4. The van der Waals surface area contributed by atoms with Crippen molar-refractivity contribution in [2.24, 2.45) is 5.92 Å². The lowest BCUT2D eigenvalue weighted by Gasteiger charge is -2.20. The molecule has 0 radical (unpaired) electrons. The van der Waals surface area contributed by atoms with Gasteiger partial charge in [-0.15, -0.1) is 0 Å². The fraction of sp³-hybridized carbons (Fsp3) is 0.500. The van der Waals surface area contributed by atoms with Gasteiger partial charge in [0.15, 0.2) is 0 Å². The minimum atomic E-state index is -3.22. The van der Waals surface area contributed by atoms with Crippen LogP contribution in [0.4, 0.5) is 0 Å². The highest BCUT2D eigenvalue weighted by Gasteiger charge is 2.29. The summed E-state index contributed by atoms with van der Waals surface area (Å²) in [5, 5.41) is 8.15. The highest BCUT2D eigenvalue weighted by atomic mass is 32.2. The second-order valence-corrected chi connectivity index (χ2v) is 8.13. The average molecular weight is 350 g/mol. The number of carbonyl (C=O) groups excluding carboxylic acids is 1. The normalized spacial score (nSPS) is 21.2. The fourth-order valence-corrected chi connectivity index (χ4v) is 4.16. The van der Waals surface area contributed by atoms with Gasteiger partial charge in [0.2, 0.25) is 15.9 Å². The van der Waals surface area contributed by atoms with Gasteiger partial charge in [0.05, 0.1) is 18.0 Å². The summed E-state index contributed by atoms with van der Waals surface area (Å²) in [4.78, 5) is 12.2. The van der Waals surface area contributed by atoms with Crippen LogP contribution in [0.15, 0.2) is 30.5 Å². The molecule has 7 nitrogen and oxygen atoms in total. The number of para-hydroxylation sites is 1. The van der Waals surface area contributed by atoms with Gasteiger partial charge in [-0.05, 0) is 24.8 Å². The molecular formula is C16H22N4O3S. The van der Waals surface area contributed by atoms with Gasteiger partial charge in [0.25, 0.3) is 0 Å². The molecule has 1 saturated carbocycles. The number of aromatic nitrogens is 2. The van der Waals surface area contributed by atoms with Gasteiger partial charge < -0.3 is 5.32 Å². The molecule has 1 aliphatic carbocycles. The zero-order chi connectivity index (χ0) is 17.2. The summed E-state index contributed by atoms with van der Waals surface area (Å²) >= 11 is 0. The van der Waals surface area contributed by atoms with E-state index >= 15 is 0 Å². The highest BCUT2D eigenvalue weighted by Crippen LogP contribution is 2.25. The lowest BCUT2D eigenvalue weighted by Crippen LogP contribution is -2.42. The van der Waals surface area contributed by atoms with Gasteiger partial charge in [-0.3, -0.25) is 9.48 Å². The quantitative estimate of drug-likeness (QED) is 0.808. The summed E-state index contributed by atoms with van der Waals surface area (Å²) in [5.74, 6) is 0.0203. The molecule has 0 unspecified atom stereocenters. The second kappa shape index (κ2) is 6.90. The van der Waals surface area contributed by atoms with E-state index in [4.69, 9.17) is 0 Å². The number of fused-ring (bicyclic) bond motifs is 1. The number of hydrogen-bond acceptors (Lipinski definition) is 4. The largest absolute Gasteiger partial charge is 0.354 e. The highest BCUT2D eigenvalue weighted by molar-refractivity contribution is 7.88. The number of carbonyl (C=O) groups is 1. The molecule has 0 bridgehead atoms. The third-order valence-electron chi connectivity index (χ3n) is 4.43. The Morgan fingerprint density at radius 3 is 2.92 bits per heavy atom. The van der Waals surface area contributed by atoms with E-state index in [9.17, 15) is 13.2 Å². The van der Waals surface area contributed by atoms with Crippen LogP contribution in [0.3, 0.4) is 0 Å². The number of amides is 1. The van der Waals surface area contributed by atoms with Gasteiger partial charge in [-0.1, -0.05) is 24.6 Å². The molecule has 1 heterocycles. The fourth-order valence-electron chi connectivity index (χ4n) is 3.30. The van der Waals surface area contributed by atoms with Crippen LogP contribution in [0.1, 0.15) is 19.3 Å². The van der Waals surface area contributed by atoms with Crippen molar-refractivity contribution in [3.63, 3.8) is 0 Å². The van der Waals surface area contributed by atoms with Gasteiger partial charge in [0.1, 0.15) is 6.54 Å². The Morgan fingerprint density at radius 2 is 2.12 bits per heavy atom. The van der Waals surface area contributed by atoms with E-state index in [1.165, 1.54) is 6.26 Å². The molecule has 1 fully saturated rings. The van der Waals surface area contributed by atoms with E-state index in [0.717, 1.165) is 30.2 Å². The smallest absolute Gasteiger partial charge is 0.241 e. The number of nitrogens with one attached hydrogen (secondary N) is 2. The SMILES string of the molecule is CS(=O)(=O)N[C@@H]1CCC[C@@H]1CNC(=O)Cn1ncc2ccccc21. The number of rotatable bonds is 6. The van der Waals surface area contributed by atoms with Gasteiger partial charge in [0, 0.05) is 18.0 Å². The van der Waals surface area contributed by atoms with E-state index in [0.29, 0.717) is 6.54 Å². The molecule has 0 saturated heterocycles. The van der Waals surface area contributed by atoms with E-state index in [1.807, 2.05) is 24.3 Å². The minimum absolute atomic E-state index is 0.0918. The maximum absolute atomic E-state index is 12.2. The molecule has 1 aromatic carbocycles. The molecular weight excluding hydrogens is 328 g/mol. The lowest BCUT2D eigenvalue weighted by atomic mass is 10.0. The molecule has 8 heteroatoms. The Kier molecular flexibility index (Phi) is 4.86. The predicted molar refractivity (Wildman–Crippen MR) is 91.9 cm³/mol. The van der Waals surface area contributed by atoms with Crippen LogP contribution >= 0.6 is 0 Å². The van der Waals surface area contributed by atoms with Crippen molar-refractivity contribution in [1.29, 1.82) is 0 Å². The summed E-state index contributed by atoms with van der Waals surface area (Å²) in [7, 11) is -3.22. The number of nitrogens with zero attached hydrogens (tertiary/aromatic N) is 2. The first-order chi connectivity index (χ1) is 11.4. The lowest BCUT2D eigenvalue weighted by molar-refractivity contribution is -0.121. The van der Waals surface area contributed by atoms with Gasteiger partial charge >= 0.3 is 0 Å². The van der Waals surface area contributed by atoms with Crippen molar-refractivity contribution in [1.82, 2.24) is 19.8 Å². The van der Waals surface area contributed by atoms with Gasteiger partial charge in [-0.2, -0.15) is 5.10 Å². The minimum Gasteiger partial charge on any atom is -0.354 e. The van der Waals surface area contributed by atoms with Crippen molar-refractivity contribution in [2.45, 2.75) is 31.8 Å². The Labute approximate surface area is 141 Å². The molecule has 2 N–H and O–H groups in total. The average Bonchev–Trinajstić information content (AvgIpc) is 3.11. The molecule has 3 rings (SSSR count). The van der Waals surface area contributed by atoms with Crippen LogP contribution in [0.25, 0.3) is 10.9 Å². The van der Waals surface area contributed by atoms with Crippen LogP contribution in [-0.4, -0.2) is 42.9 Å². The summed E-state index contributed by atoms with van der Waals surface area (Å²) in [6.45, 7) is 0.635. The van der Waals surface area contributed by atoms with Crippen molar-refractivity contribution < 1.29 is 13.2 Å². The Bertz CT molecular complexity index is 831. The molecule has 2 aromatic rings. The van der Waals surface area contributed by atoms with E-state index in [2.05, 4.69) is 15.1 Å². The molecule has 24 heavy (non-hydrogen) atoms. The monoisotopic (exact) mass is 350 g/mol. The number of sulfonamides is 1. The van der Waals surface area contributed by atoms with Gasteiger partial charge in [-0.25, -0.2) is 13.1 Å². The van der Waals surface area contributed by atoms with Crippen LogP contribution in [0.2, 0.25) is 0 Å². The first-order valence-corrected chi connectivity index (χ1v) is 9.96. The third-order valence-corrected chi connectivity index (χ3v) is 5.16. The maximum Gasteiger partial charge on any atom is 0.241 e. The van der Waals surface area contributed by atoms with E-state index < -0.39 is 10.0 Å². The Morgan fingerprint density at radius 1 is 1.33 bits per heavy atom. The zero-order valence-electron chi connectivity index (χ0n) is 13.6. The van der Waals surface area contributed by atoms with Crippen molar-refractivity contribution in [3.8, 4) is 0 Å². The molecule has 130 valence electrons. The van der Waals surface area contributed by atoms with E-state index in [-0.39, 0.29) is 24.4 Å².